The van der Waals surface area contributed by atoms with Crippen LogP contribution in [0.2, 0.25) is 10.0 Å². The van der Waals surface area contributed by atoms with Gasteiger partial charge in [-0.3, -0.25) is 4.79 Å². The molecule has 0 saturated heterocycles. The molecular formula is C18H11Cl2N5O. The van der Waals surface area contributed by atoms with Gasteiger partial charge in [-0.2, -0.15) is 5.26 Å². The molecule has 0 aliphatic carbocycles. The number of rotatable bonds is 4. The average molecular weight is 384 g/mol. The van der Waals surface area contributed by atoms with Gasteiger partial charge < -0.3 is 10.6 Å². The largest absolute Gasteiger partial charge is 0.324 e. The Morgan fingerprint density at radius 1 is 1.08 bits per heavy atom. The van der Waals surface area contributed by atoms with Crippen molar-refractivity contribution in [1.82, 2.24) is 9.97 Å². The van der Waals surface area contributed by atoms with Crippen LogP contribution in [0.1, 0.15) is 15.9 Å². The molecule has 6 nitrogen and oxygen atoms in total. The van der Waals surface area contributed by atoms with E-state index in [0.29, 0.717) is 27.9 Å². The first-order valence-electron chi connectivity index (χ1n) is 7.41. The second-order valence-corrected chi connectivity index (χ2v) is 5.95. The van der Waals surface area contributed by atoms with Crippen LogP contribution in [0.3, 0.4) is 0 Å². The van der Waals surface area contributed by atoms with E-state index in [1.807, 2.05) is 0 Å². The second-order valence-electron chi connectivity index (χ2n) is 5.17. The van der Waals surface area contributed by atoms with Crippen LogP contribution < -0.4 is 10.6 Å². The van der Waals surface area contributed by atoms with Gasteiger partial charge in [-0.05, 0) is 30.3 Å². The van der Waals surface area contributed by atoms with Crippen LogP contribution in [0.4, 0.5) is 17.3 Å². The van der Waals surface area contributed by atoms with Gasteiger partial charge in [0.05, 0.1) is 32.9 Å². The normalized spacial score (nSPS) is 10.0. The zero-order chi connectivity index (χ0) is 18.5. The van der Waals surface area contributed by atoms with Gasteiger partial charge in [0.15, 0.2) is 0 Å². The maximum absolute atomic E-state index is 12.3. The van der Waals surface area contributed by atoms with Gasteiger partial charge in [-0.25, -0.2) is 9.97 Å². The van der Waals surface area contributed by atoms with Crippen molar-refractivity contribution in [2.45, 2.75) is 0 Å². The number of halogens is 2. The number of benzene rings is 2. The Hall–Kier alpha value is -3.14. The summed E-state index contributed by atoms with van der Waals surface area (Å²) in [4.78, 5) is 20.5. The highest BCUT2D eigenvalue weighted by molar-refractivity contribution is 6.44. The summed E-state index contributed by atoms with van der Waals surface area (Å²) in [6, 6.07) is 13.9. The fourth-order valence-electron chi connectivity index (χ4n) is 2.10. The van der Waals surface area contributed by atoms with Gasteiger partial charge in [-0.15, -0.1) is 0 Å². The molecule has 0 fully saturated rings. The summed E-state index contributed by atoms with van der Waals surface area (Å²) in [7, 11) is 0. The SMILES string of the molecule is N#Cc1cccc(Nc2ncc(C(=O)Nc3cccc(Cl)c3Cl)cn2)c1. The number of nitrogens with one attached hydrogen (secondary N) is 2. The summed E-state index contributed by atoms with van der Waals surface area (Å²) in [5, 5.41) is 15.1. The van der Waals surface area contributed by atoms with Crippen molar-refractivity contribution in [3.63, 3.8) is 0 Å². The highest BCUT2D eigenvalue weighted by Crippen LogP contribution is 2.29. The summed E-state index contributed by atoms with van der Waals surface area (Å²) in [6.45, 7) is 0. The fourth-order valence-corrected chi connectivity index (χ4v) is 2.45. The first-order chi connectivity index (χ1) is 12.6. The van der Waals surface area contributed by atoms with E-state index in [0.717, 1.165) is 0 Å². The second kappa shape index (κ2) is 7.83. The van der Waals surface area contributed by atoms with Crippen LogP contribution in [0.5, 0.6) is 0 Å². The molecule has 0 radical (unpaired) electrons. The topological polar surface area (TPSA) is 90.7 Å². The predicted octanol–water partition coefficient (Wildman–Crippen LogP) is 4.65. The molecule has 26 heavy (non-hydrogen) atoms. The van der Waals surface area contributed by atoms with Crippen LogP contribution in [0.15, 0.2) is 54.9 Å². The van der Waals surface area contributed by atoms with E-state index >= 15 is 0 Å². The van der Waals surface area contributed by atoms with Gasteiger partial charge in [0.25, 0.3) is 5.91 Å². The number of nitrogens with zero attached hydrogens (tertiary/aromatic N) is 3. The third kappa shape index (κ3) is 4.09. The summed E-state index contributed by atoms with van der Waals surface area (Å²) >= 11 is 12.0. The molecule has 128 valence electrons. The van der Waals surface area contributed by atoms with E-state index in [1.54, 1.807) is 42.5 Å². The van der Waals surface area contributed by atoms with Gasteiger partial charge in [0.2, 0.25) is 5.95 Å². The Balaban J connectivity index is 1.71. The third-order valence-corrected chi connectivity index (χ3v) is 4.18. The number of hydrogen-bond acceptors (Lipinski definition) is 5. The molecule has 2 N–H and O–H groups in total. The minimum absolute atomic E-state index is 0.261. The number of carbonyl (C=O) groups is 1. The van der Waals surface area contributed by atoms with Crippen LogP contribution >= 0.6 is 23.2 Å². The van der Waals surface area contributed by atoms with Gasteiger partial charge in [0, 0.05) is 18.1 Å². The Kier molecular flexibility index (Phi) is 5.32. The molecule has 0 atom stereocenters. The number of amides is 1. The van der Waals surface area contributed by atoms with E-state index in [1.165, 1.54) is 12.4 Å². The van der Waals surface area contributed by atoms with E-state index < -0.39 is 5.91 Å². The molecular weight excluding hydrogens is 373 g/mol. The number of hydrogen-bond donors (Lipinski definition) is 2. The minimum Gasteiger partial charge on any atom is -0.324 e. The highest BCUT2D eigenvalue weighted by Gasteiger charge is 2.11. The van der Waals surface area contributed by atoms with E-state index in [2.05, 4.69) is 26.7 Å². The molecule has 3 rings (SSSR count). The molecule has 0 aliphatic rings. The lowest BCUT2D eigenvalue weighted by molar-refractivity contribution is 0.102. The lowest BCUT2D eigenvalue weighted by Crippen LogP contribution is -2.13. The van der Waals surface area contributed by atoms with Crippen molar-refractivity contribution in [3.05, 3.63) is 76.0 Å². The third-order valence-electron chi connectivity index (χ3n) is 3.36. The minimum atomic E-state index is -0.410. The van der Waals surface area contributed by atoms with Gasteiger partial charge in [-0.1, -0.05) is 35.3 Å². The molecule has 1 aromatic heterocycles. The first-order valence-corrected chi connectivity index (χ1v) is 8.17. The number of carbonyl (C=O) groups excluding carboxylic acids is 1. The molecule has 0 spiro atoms. The van der Waals surface area contributed by atoms with Crippen LogP contribution in [0.25, 0.3) is 0 Å². The molecule has 0 unspecified atom stereocenters. The van der Waals surface area contributed by atoms with Crippen molar-refractivity contribution in [1.29, 1.82) is 5.26 Å². The lowest BCUT2D eigenvalue weighted by atomic mass is 10.2. The molecule has 3 aromatic rings. The zero-order valence-corrected chi connectivity index (χ0v) is 14.7. The zero-order valence-electron chi connectivity index (χ0n) is 13.2. The quantitative estimate of drug-likeness (QED) is 0.683. The number of nitriles is 1. The molecule has 2 aromatic carbocycles. The Morgan fingerprint density at radius 2 is 1.81 bits per heavy atom. The van der Waals surface area contributed by atoms with Gasteiger partial charge in [0.1, 0.15) is 0 Å². The van der Waals surface area contributed by atoms with Gasteiger partial charge >= 0.3 is 0 Å². The number of aromatic nitrogens is 2. The van der Waals surface area contributed by atoms with E-state index in [9.17, 15) is 4.79 Å². The highest BCUT2D eigenvalue weighted by atomic mass is 35.5. The summed E-state index contributed by atoms with van der Waals surface area (Å²) in [6.07, 6.45) is 2.77. The summed E-state index contributed by atoms with van der Waals surface area (Å²) in [5.74, 6) is -0.107. The van der Waals surface area contributed by atoms with Crippen molar-refractivity contribution >= 4 is 46.4 Å². The van der Waals surface area contributed by atoms with Crippen LogP contribution in [0, 0.1) is 11.3 Å². The standard InChI is InChI=1S/C18H11Cl2N5O/c19-14-5-2-6-15(16(14)20)25-17(26)12-9-22-18(23-10-12)24-13-4-1-3-11(7-13)8-21/h1-7,9-10H,(H,25,26)(H,22,23,24). The maximum Gasteiger partial charge on any atom is 0.258 e. The average Bonchev–Trinajstić information content (AvgIpc) is 2.66. The van der Waals surface area contributed by atoms with Crippen molar-refractivity contribution in [3.8, 4) is 6.07 Å². The molecule has 0 bridgehead atoms. The van der Waals surface area contributed by atoms with Crippen LogP contribution in [-0.2, 0) is 0 Å². The Bertz CT molecular complexity index is 999. The van der Waals surface area contributed by atoms with Crippen molar-refractivity contribution < 1.29 is 4.79 Å². The monoisotopic (exact) mass is 383 g/mol. The molecule has 0 saturated carbocycles. The molecule has 1 amide bonds. The van der Waals surface area contributed by atoms with Crippen molar-refractivity contribution in [2.24, 2.45) is 0 Å². The Labute approximate surface area is 159 Å². The predicted molar refractivity (Wildman–Crippen MR) is 101 cm³/mol. The molecule has 0 aliphatic heterocycles. The number of anilines is 3. The van der Waals surface area contributed by atoms with Crippen LogP contribution in [-0.4, -0.2) is 15.9 Å². The smallest absolute Gasteiger partial charge is 0.258 e. The summed E-state index contributed by atoms with van der Waals surface area (Å²) < 4.78 is 0. The van der Waals surface area contributed by atoms with Crippen molar-refractivity contribution in [2.75, 3.05) is 10.6 Å². The molecule has 1 heterocycles. The molecule has 8 heteroatoms. The Morgan fingerprint density at radius 3 is 2.54 bits per heavy atom. The summed E-state index contributed by atoms with van der Waals surface area (Å²) in [5.41, 5.74) is 1.86. The van der Waals surface area contributed by atoms with E-state index in [-0.39, 0.29) is 10.6 Å². The fraction of sp³-hybridized carbons (Fsp3) is 0. The first kappa shape index (κ1) is 17.7. The van der Waals surface area contributed by atoms with E-state index in [4.69, 9.17) is 28.5 Å². The maximum atomic E-state index is 12.3. The lowest BCUT2D eigenvalue weighted by Gasteiger charge is -2.08.